The quantitative estimate of drug-likeness (QED) is 0.184. The van der Waals surface area contributed by atoms with Gasteiger partial charge in [-0.3, -0.25) is 0 Å². The summed E-state index contributed by atoms with van der Waals surface area (Å²) in [6, 6.07) is 0. The van der Waals surface area contributed by atoms with Gasteiger partial charge in [-0.15, -0.1) is 0 Å². The Morgan fingerprint density at radius 3 is 1.44 bits per heavy atom. The first-order chi connectivity index (χ1) is 12.2. The van der Waals surface area contributed by atoms with Crippen molar-refractivity contribution in [2.75, 3.05) is 0 Å². The van der Waals surface area contributed by atoms with E-state index in [9.17, 15) is 0 Å². The minimum Gasteiger partial charge on any atom is -0.325 e. The van der Waals surface area contributed by atoms with E-state index in [1.807, 2.05) is 0 Å². The average molecular weight is 352 g/mol. The molecule has 150 valence electrons. The molecule has 0 saturated carbocycles. The largest absolute Gasteiger partial charge is 0.325 e. The lowest BCUT2D eigenvalue weighted by molar-refractivity contribution is 0.320. The van der Waals surface area contributed by atoms with Crippen molar-refractivity contribution < 1.29 is 0 Å². The van der Waals surface area contributed by atoms with Crippen molar-refractivity contribution in [3.05, 3.63) is 12.2 Å². The topological polar surface area (TPSA) is 26.0 Å². The zero-order valence-electron chi connectivity index (χ0n) is 18.0. The van der Waals surface area contributed by atoms with Crippen molar-refractivity contribution in [1.82, 2.24) is 0 Å². The molecule has 0 aromatic carbocycles. The van der Waals surface area contributed by atoms with Gasteiger partial charge in [0.05, 0.1) is 0 Å². The highest BCUT2D eigenvalue weighted by Crippen LogP contribution is 2.24. The molecular weight excluding hydrogens is 302 g/mol. The molecule has 0 aliphatic carbocycles. The number of nitrogens with two attached hydrogens (primary N) is 1. The van der Waals surface area contributed by atoms with Gasteiger partial charge >= 0.3 is 0 Å². The third kappa shape index (κ3) is 16.9. The Morgan fingerprint density at radius 1 is 0.520 bits per heavy atom. The summed E-state index contributed by atoms with van der Waals surface area (Å²) < 4.78 is 0. The van der Waals surface area contributed by atoms with E-state index in [-0.39, 0.29) is 5.54 Å². The number of hydrogen-bond acceptors (Lipinski definition) is 1. The van der Waals surface area contributed by atoms with Crippen molar-refractivity contribution in [1.29, 1.82) is 0 Å². The molecule has 2 N–H and O–H groups in total. The molecule has 1 nitrogen and oxygen atoms in total. The van der Waals surface area contributed by atoms with Crippen LogP contribution in [0.2, 0.25) is 0 Å². The van der Waals surface area contributed by atoms with Gasteiger partial charge in [-0.1, -0.05) is 104 Å². The summed E-state index contributed by atoms with van der Waals surface area (Å²) in [7, 11) is 0. The molecule has 0 bridgehead atoms. The predicted molar refractivity (Wildman–Crippen MR) is 116 cm³/mol. The molecule has 0 radical (unpaired) electrons. The maximum absolute atomic E-state index is 6.56. The Bertz CT molecular complexity index is 276. The molecule has 0 aromatic heterocycles. The second-order valence-corrected chi connectivity index (χ2v) is 8.20. The molecule has 0 saturated heterocycles. The first-order valence-electron chi connectivity index (χ1n) is 11.6. The molecular formula is C24H49N. The van der Waals surface area contributed by atoms with Crippen LogP contribution in [-0.2, 0) is 0 Å². The highest BCUT2D eigenvalue weighted by Gasteiger charge is 2.21. The molecule has 0 spiro atoms. The Kier molecular flexibility index (Phi) is 18.3. The first-order valence-corrected chi connectivity index (χ1v) is 11.6. The Morgan fingerprint density at radius 2 is 0.960 bits per heavy atom. The van der Waals surface area contributed by atoms with Crippen molar-refractivity contribution in [2.45, 2.75) is 142 Å². The summed E-state index contributed by atoms with van der Waals surface area (Å²) in [5.74, 6) is 0. The van der Waals surface area contributed by atoms with Crippen LogP contribution in [0.1, 0.15) is 136 Å². The van der Waals surface area contributed by atoms with Gasteiger partial charge in [0.25, 0.3) is 0 Å². The molecule has 1 heteroatoms. The van der Waals surface area contributed by atoms with Gasteiger partial charge in [0.2, 0.25) is 0 Å². The molecule has 0 fully saturated rings. The second-order valence-electron chi connectivity index (χ2n) is 8.20. The minimum atomic E-state index is 0.128. The monoisotopic (exact) mass is 351 g/mol. The highest BCUT2D eigenvalue weighted by molar-refractivity contribution is 4.83. The van der Waals surface area contributed by atoms with E-state index in [4.69, 9.17) is 5.73 Å². The summed E-state index contributed by atoms with van der Waals surface area (Å²) in [5, 5.41) is 0. The zero-order chi connectivity index (χ0) is 18.6. The van der Waals surface area contributed by atoms with E-state index in [2.05, 4.69) is 32.9 Å². The lowest BCUT2D eigenvalue weighted by Crippen LogP contribution is -2.39. The van der Waals surface area contributed by atoms with Crippen LogP contribution < -0.4 is 5.73 Å². The van der Waals surface area contributed by atoms with Gasteiger partial charge in [0.1, 0.15) is 0 Å². The summed E-state index contributed by atoms with van der Waals surface area (Å²) in [4.78, 5) is 0. The molecule has 0 amide bonds. The smallest absolute Gasteiger partial charge is 0.0154 e. The van der Waals surface area contributed by atoms with Gasteiger partial charge < -0.3 is 5.73 Å². The van der Waals surface area contributed by atoms with Crippen LogP contribution in [0.5, 0.6) is 0 Å². The zero-order valence-corrected chi connectivity index (χ0v) is 18.0. The molecule has 25 heavy (non-hydrogen) atoms. The third-order valence-electron chi connectivity index (χ3n) is 5.43. The lowest BCUT2D eigenvalue weighted by atomic mass is 9.84. The number of allylic oxidation sites excluding steroid dienone is 2. The van der Waals surface area contributed by atoms with Gasteiger partial charge in [0.15, 0.2) is 0 Å². The van der Waals surface area contributed by atoms with Crippen LogP contribution in [-0.4, -0.2) is 5.54 Å². The number of unbranched alkanes of at least 4 members (excludes halogenated alkanes) is 11. The SMILES string of the molecule is CCCCCCCCC=CCCCCCCCC(N)(CCC)CCC. The molecule has 0 aliphatic heterocycles. The van der Waals surface area contributed by atoms with Crippen molar-refractivity contribution in [3.63, 3.8) is 0 Å². The van der Waals surface area contributed by atoms with Crippen LogP contribution >= 0.6 is 0 Å². The highest BCUT2D eigenvalue weighted by atomic mass is 14.7. The van der Waals surface area contributed by atoms with Gasteiger partial charge in [-0.05, 0) is 44.9 Å². The van der Waals surface area contributed by atoms with Gasteiger partial charge in [0, 0.05) is 5.54 Å². The van der Waals surface area contributed by atoms with Crippen LogP contribution in [0.25, 0.3) is 0 Å². The van der Waals surface area contributed by atoms with Crippen LogP contribution in [0.15, 0.2) is 12.2 Å². The summed E-state index contributed by atoms with van der Waals surface area (Å²) in [6.45, 7) is 6.81. The molecule has 0 rings (SSSR count). The van der Waals surface area contributed by atoms with Crippen LogP contribution in [0, 0.1) is 0 Å². The van der Waals surface area contributed by atoms with Gasteiger partial charge in [-0.25, -0.2) is 0 Å². The fraction of sp³-hybridized carbons (Fsp3) is 0.917. The minimum absolute atomic E-state index is 0.128. The summed E-state index contributed by atoms with van der Waals surface area (Å²) in [5.41, 5.74) is 6.69. The predicted octanol–water partition coefficient (Wildman–Crippen LogP) is 8.32. The number of rotatable bonds is 19. The molecule has 0 aromatic rings. The fourth-order valence-electron chi connectivity index (χ4n) is 3.92. The Hall–Kier alpha value is -0.300. The van der Waals surface area contributed by atoms with Gasteiger partial charge in [-0.2, -0.15) is 0 Å². The van der Waals surface area contributed by atoms with Crippen molar-refractivity contribution >= 4 is 0 Å². The summed E-state index contributed by atoms with van der Waals surface area (Å²) in [6.07, 6.45) is 28.8. The second kappa shape index (κ2) is 18.5. The first kappa shape index (κ1) is 24.7. The van der Waals surface area contributed by atoms with E-state index in [0.29, 0.717) is 0 Å². The Labute approximate surface area is 160 Å². The lowest BCUT2D eigenvalue weighted by Gasteiger charge is -2.29. The maximum Gasteiger partial charge on any atom is 0.0154 e. The molecule has 0 atom stereocenters. The van der Waals surface area contributed by atoms with Crippen molar-refractivity contribution in [3.8, 4) is 0 Å². The fourth-order valence-corrected chi connectivity index (χ4v) is 3.92. The maximum atomic E-state index is 6.56. The third-order valence-corrected chi connectivity index (χ3v) is 5.43. The Balaban J connectivity index is 3.39. The molecule has 0 aliphatic rings. The van der Waals surface area contributed by atoms with E-state index >= 15 is 0 Å². The van der Waals surface area contributed by atoms with Crippen LogP contribution in [0.3, 0.4) is 0 Å². The van der Waals surface area contributed by atoms with E-state index in [1.54, 1.807) is 0 Å². The molecule has 0 unspecified atom stereocenters. The van der Waals surface area contributed by atoms with E-state index < -0.39 is 0 Å². The van der Waals surface area contributed by atoms with E-state index in [1.165, 1.54) is 116 Å². The van der Waals surface area contributed by atoms with Crippen molar-refractivity contribution in [2.24, 2.45) is 5.73 Å². The average Bonchev–Trinajstić information content (AvgIpc) is 2.59. The van der Waals surface area contributed by atoms with E-state index in [0.717, 1.165) is 0 Å². The summed E-state index contributed by atoms with van der Waals surface area (Å²) >= 11 is 0. The standard InChI is InChI=1S/C24H49N/c1-4-7-8-9-10-11-12-13-14-15-16-17-18-19-20-23-24(25,21-5-2)22-6-3/h13-14H,4-12,15-23,25H2,1-3H3. The number of hydrogen-bond donors (Lipinski definition) is 1. The normalized spacial score (nSPS) is 12.3. The van der Waals surface area contributed by atoms with Crippen LogP contribution in [0.4, 0.5) is 0 Å². The molecule has 0 heterocycles.